The Labute approximate surface area is 88.8 Å². The quantitative estimate of drug-likeness (QED) is 0.710. The highest BCUT2D eigenvalue weighted by atomic mass is 16.5. The van der Waals surface area contributed by atoms with Crippen LogP contribution in [0, 0.1) is 0 Å². The maximum absolute atomic E-state index is 11.2. The molecule has 1 heterocycles. The number of hydrogen-bond acceptors (Lipinski definition) is 3. The molecule has 2 rings (SSSR count). The highest BCUT2D eigenvalue weighted by molar-refractivity contribution is 5.89. The maximum Gasteiger partial charge on any atom is 0.339 e. The normalized spacial score (nSPS) is 24.7. The van der Waals surface area contributed by atoms with E-state index in [1.807, 2.05) is 12.4 Å². The molecule has 0 atom stereocenters. The van der Waals surface area contributed by atoms with E-state index in [4.69, 9.17) is 4.74 Å². The Hall–Kier alpha value is -1.29. The molecule has 0 N–H and O–H groups in total. The van der Waals surface area contributed by atoms with Crippen molar-refractivity contribution < 1.29 is 14.3 Å². The number of ether oxygens (including phenoxy) is 2. The zero-order valence-electron chi connectivity index (χ0n) is 8.97. The van der Waals surface area contributed by atoms with E-state index in [0.29, 0.717) is 17.7 Å². The molecule has 0 radical (unpaired) electrons. The number of carbonyl (C=O) groups excluding carboxylic acids is 1. The van der Waals surface area contributed by atoms with Gasteiger partial charge in [0.1, 0.15) is 0 Å². The predicted octanol–water partition coefficient (Wildman–Crippen LogP) is 1.62. The molecule has 1 aromatic heterocycles. The lowest BCUT2D eigenvalue weighted by Gasteiger charge is -2.35. The summed E-state index contributed by atoms with van der Waals surface area (Å²) >= 11 is 0. The van der Waals surface area contributed by atoms with E-state index in [9.17, 15) is 4.79 Å². The number of carbonyl (C=O) groups is 1. The number of methoxy groups -OCH3 is 2. The fourth-order valence-electron chi connectivity index (χ4n) is 1.85. The van der Waals surface area contributed by atoms with Crippen molar-refractivity contribution in [2.24, 2.45) is 0 Å². The summed E-state index contributed by atoms with van der Waals surface area (Å²) in [7, 11) is 3.13. The zero-order valence-corrected chi connectivity index (χ0v) is 8.97. The second-order valence-electron chi connectivity index (χ2n) is 3.82. The van der Waals surface area contributed by atoms with E-state index in [1.54, 1.807) is 13.2 Å². The van der Waals surface area contributed by atoms with Crippen LogP contribution in [-0.2, 0) is 9.47 Å². The van der Waals surface area contributed by atoms with E-state index in [1.165, 1.54) is 7.11 Å². The molecule has 0 aliphatic heterocycles. The van der Waals surface area contributed by atoms with Gasteiger partial charge in [-0.3, -0.25) is 0 Å². The lowest BCUT2D eigenvalue weighted by Crippen LogP contribution is -2.31. The second kappa shape index (κ2) is 4.06. The monoisotopic (exact) mass is 209 g/mol. The van der Waals surface area contributed by atoms with Gasteiger partial charge in [0.25, 0.3) is 0 Å². The van der Waals surface area contributed by atoms with Crippen molar-refractivity contribution in [3.8, 4) is 0 Å². The van der Waals surface area contributed by atoms with Gasteiger partial charge in [-0.05, 0) is 18.9 Å². The Morgan fingerprint density at radius 3 is 2.80 bits per heavy atom. The Bertz CT molecular complexity index is 352. The maximum atomic E-state index is 11.2. The molecule has 0 unspecified atom stereocenters. The molecule has 0 bridgehead atoms. The fraction of sp³-hybridized carbons (Fsp3) is 0.545. The second-order valence-corrected chi connectivity index (χ2v) is 3.82. The average Bonchev–Trinajstić information content (AvgIpc) is 2.64. The van der Waals surface area contributed by atoms with Crippen molar-refractivity contribution in [2.75, 3.05) is 14.2 Å². The minimum absolute atomic E-state index is 0.281. The summed E-state index contributed by atoms with van der Waals surface area (Å²) in [5.41, 5.74) is 0.610. The first-order valence-electron chi connectivity index (χ1n) is 5.03. The summed E-state index contributed by atoms with van der Waals surface area (Å²) in [6.45, 7) is 0. The van der Waals surface area contributed by atoms with Crippen molar-refractivity contribution in [1.82, 2.24) is 4.57 Å². The molecule has 1 fully saturated rings. The third-order valence-electron chi connectivity index (χ3n) is 2.96. The van der Waals surface area contributed by atoms with Crippen LogP contribution in [0.5, 0.6) is 0 Å². The highest BCUT2D eigenvalue weighted by Gasteiger charge is 2.30. The van der Waals surface area contributed by atoms with Gasteiger partial charge < -0.3 is 14.0 Å². The van der Waals surface area contributed by atoms with Gasteiger partial charge in [0.15, 0.2) is 0 Å². The van der Waals surface area contributed by atoms with Crippen LogP contribution in [-0.4, -0.2) is 30.9 Å². The van der Waals surface area contributed by atoms with Crippen LogP contribution in [0.15, 0.2) is 18.5 Å². The predicted molar refractivity (Wildman–Crippen MR) is 54.8 cm³/mol. The van der Waals surface area contributed by atoms with Crippen molar-refractivity contribution >= 4 is 5.97 Å². The standard InChI is InChI=1S/C11H15NO3/c1-14-10-5-9(6-10)12-4-3-8(7-12)11(13)15-2/h3-4,7,9-10H,5-6H2,1-2H3/t9-,10+. The van der Waals surface area contributed by atoms with E-state index < -0.39 is 0 Å². The Balaban J connectivity index is 1.99. The zero-order chi connectivity index (χ0) is 10.8. The molecule has 1 aromatic rings. The van der Waals surface area contributed by atoms with Gasteiger partial charge in [-0.15, -0.1) is 0 Å². The summed E-state index contributed by atoms with van der Waals surface area (Å²) < 4.78 is 11.9. The third kappa shape index (κ3) is 1.90. The van der Waals surface area contributed by atoms with Crippen molar-refractivity contribution in [1.29, 1.82) is 0 Å². The SMILES string of the molecule is COC(=O)c1ccn([C@H]2C[C@@H](OC)C2)c1. The third-order valence-corrected chi connectivity index (χ3v) is 2.96. The molecule has 15 heavy (non-hydrogen) atoms. The molecule has 0 saturated heterocycles. The Morgan fingerprint density at radius 1 is 1.47 bits per heavy atom. The molecular formula is C11H15NO3. The molecule has 0 aromatic carbocycles. The summed E-state index contributed by atoms with van der Waals surface area (Å²) in [4.78, 5) is 11.2. The van der Waals surface area contributed by atoms with Crippen LogP contribution in [0.4, 0.5) is 0 Å². The molecular weight excluding hydrogens is 194 g/mol. The topological polar surface area (TPSA) is 40.5 Å². The first kappa shape index (κ1) is 10.2. The van der Waals surface area contributed by atoms with E-state index in [-0.39, 0.29) is 5.97 Å². The van der Waals surface area contributed by atoms with Crippen LogP contribution in [0.3, 0.4) is 0 Å². The molecule has 4 heteroatoms. The van der Waals surface area contributed by atoms with E-state index in [0.717, 1.165) is 12.8 Å². The van der Waals surface area contributed by atoms with Crippen LogP contribution in [0.25, 0.3) is 0 Å². The molecule has 0 spiro atoms. The van der Waals surface area contributed by atoms with Crippen LogP contribution in [0.1, 0.15) is 29.2 Å². The Morgan fingerprint density at radius 2 is 2.20 bits per heavy atom. The molecule has 1 aliphatic rings. The van der Waals surface area contributed by atoms with Gasteiger partial charge in [-0.1, -0.05) is 0 Å². The van der Waals surface area contributed by atoms with Crippen molar-refractivity contribution in [2.45, 2.75) is 25.0 Å². The van der Waals surface area contributed by atoms with Crippen LogP contribution >= 0.6 is 0 Å². The van der Waals surface area contributed by atoms with Gasteiger partial charge in [0.05, 0.1) is 18.8 Å². The number of aromatic nitrogens is 1. The molecule has 1 aliphatic carbocycles. The van der Waals surface area contributed by atoms with Crippen LogP contribution < -0.4 is 0 Å². The summed E-state index contributed by atoms with van der Waals surface area (Å²) in [5, 5.41) is 0. The van der Waals surface area contributed by atoms with Crippen molar-refractivity contribution in [3.63, 3.8) is 0 Å². The summed E-state index contributed by atoms with van der Waals surface area (Å²) in [6.07, 6.45) is 6.17. The molecule has 82 valence electrons. The van der Waals surface area contributed by atoms with Crippen LogP contribution in [0.2, 0.25) is 0 Å². The molecule has 4 nitrogen and oxygen atoms in total. The first-order chi connectivity index (χ1) is 7.24. The minimum atomic E-state index is -0.281. The van der Waals surface area contributed by atoms with Gasteiger partial charge in [0, 0.05) is 25.5 Å². The number of nitrogens with zero attached hydrogens (tertiary/aromatic N) is 1. The Kier molecular flexibility index (Phi) is 2.77. The van der Waals surface area contributed by atoms with Crippen molar-refractivity contribution in [3.05, 3.63) is 24.0 Å². The summed E-state index contributed by atoms with van der Waals surface area (Å²) in [5.74, 6) is -0.281. The average molecular weight is 209 g/mol. The highest BCUT2D eigenvalue weighted by Crippen LogP contribution is 2.34. The number of hydrogen-bond donors (Lipinski definition) is 0. The van der Waals surface area contributed by atoms with E-state index in [2.05, 4.69) is 9.30 Å². The van der Waals surface area contributed by atoms with E-state index >= 15 is 0 Å². The largest absolute Gasteiger partial charge is 0.465 e. The van der Waals surface area contributed by atoms with Gasteiger partial charge in [-0.25, -0.2) is 4.79 Å². The van der Waals surface area contributed by atoms with Gasteiger partial charge in [0.2, 0.25) is 0 Å². The molecule has 1 saturated carbocycles. The summed E-state index contributed by atoms with van der Waals surface area (Å²) in [6, 6.07) is 2.25. The lowest BCUT2D eigenvalue weighted by molar-refractivity contribution is 0.00626. The number of esters is 1. The molecule has 0 amide bonds. The number of rotatable bonds is 3. The van der Waals surface area contributed by atoms with Gasteiger partial charge >= 0.3 is 5.97 Å². The lowest BCUT2D eigenvalue weighted by atomic mass is 9.89. The first-order valence-corrected chi connectivity index (χ1v) is 5.03. The smallest absolute Gasteiger partial charge is 0.339 e. The fourth-order valence-corrected chi connectivity index (χ4v) is 1.85. The van der Waals surface area contributed by atoms with Gasteiger partial charge in [-0.2, -0.15) is 0 Å². The minimum Gasteiger partial charge on any atom is -0.465 e.